The van der Waals surface area contributed by atoms with Gasteiger partial charge in [-0.1, -0.05) is 54.6 Å². The highest BCUT2D eigenvalue weighted by Crippen LogP contribution is 2.42. The molecular formula is C42H43NO17S. The normalized spacial score (nSPS) is 25.7. The Labute approximate surface area is 353 Å². The van der Waals surface area contributed by atoms with Crippen molar-refractivity contribution < 1.29 is 81.0 Å². The average Bonchev–Trinajstić information content (AvgIpc) is 3.22. The molecule has 2 N–H and O–H groups in total. The molecule has 2 fully saturated rings. The van der Waals surface area contributed by atoms with E-state index in [0.29, 0.717) is 11.8 Å². The highest BCUT2D eigenvalue weighted by atomic mass is 32.2. The maximum Gasteiger partial charge on any atom is 0.338 e. The van der Waals surface area contributed by atoms with Gasteiger partial charge in [0.1, 0.15) is 30.9 Å². The SMILES string of the molecule is CC(=O)OC[C@H]1O[C@@H](S[C@H]2[C@@H](OC(=O)c3ccccc3)[C@H](OC(=O)c3ccccc3)[C@@H](COC(=O)c3ccccc3)O[C@H]2C(N)=O)[C@H](OC(C)=O)[C@@H](OC(C)=O)[C@H]1OC(C)=O. The van der Waals surface area contributed by atoms with Crippen molar-refractivity contribution in [2.24, 2.45) is 5.73 Å². The molecule has 2 saturated heterocycles. The van der Waals surface area contributed by atoms with Crippen molar-refractivity contribution in [2.45, 2.75) is 87.2 Å². The molecule has 0 aliphatic carbocycles. The first-order chi connectivity index (χ1) is 29.1. The Morgan fingerprint density at radius 3 is 1.38 bits per heavy atom. The van der Waals surface area contributed by atoms with Crippen LogP contribution in [0.3, 0.4) is 0 Å². The van der Waals surface area contributed by atoms with Crippen LogP contribution in [-0.2, 0) is 66.6 Å². The molecule has 0 radical (unpaired) electrons. The van der Waals surface area contributed by atoms with Crippen LogP contribution in [0.25, 0.3) is 0 Å². The number of hydrogen-bond acceptors (Lipinski definition) is 18. The molecule has 2 aliphatic heterocycles. The Bertz CT molecular complexity index is 2050. The largest absolute Gasteiger partial charge is 0.463 e. The molecule has 2 heterocycles. The summed E-state index contributed by atoms with van der Waals surface area (Å²) in [7, 11) is 0. The first kappa shape index (κ1) is 45.8. The van der Waals surface area contributed by atoms with Crippen LogP contribution in [0, 0.1) is 0 Å². The molecule has 5 rings (SSSR count). The van der Waals surface area contributed by atoms with Crippen molar-refractivity contribution in [3.63, 3.8) is 0 Å². The number of carbonyl (C=O) groups excluding carboxylic acids is 8. The number of hydrogen-bond donors (Lipinski definition) is 1. The number of benzene rings is 3. The Hall–Kier alpha value is -6.31. The maximum absolute atomic E-state index is 13.9. The lowest BCUT2D eigenvalue weighted by Crippen LogP contribution is -2.65. The molecule has 2 aliphatic rings. The molecule has 0 unspecified atom stereocenters. The van der Waals surface area contributed by atoms with Crippen LogP contribution in [0.4, 0.5) is 0 Å². The van der Waals surface area contributed by atoms with Gasteiger partial charge < -0.3 is 48.4 Å². The summed E-state index contributed by atoms with van der Waals surface area (Å²) in [4.78, 5) is 104. The van der Waals surface area contributed by atoms with Gasteiger partial charge in [-0.2, -0.15) is 0 Å². The van der Waals surface area contributed by atoms with E-state index in [9.17, 15) is 38.4 Å². The van der Waals surface area contributed by atoms with E-state index >= 15 is 0 Å². The molecule has 3 aromatic rings. The lowest BCUT2D eigenvalue weighted by Gasteiger charge is -2.48. The van der Waals surface area contributed by atoms with Crippen molar-refractivity contribution in [2.75, 3.05) is 13.2 Å². The molecule has 0 bridgehead atoms. The first-order valence-electron chi connectivity index (χ1n) is 18.8. The molecule has 324 valence electrons. The van der Waals surface area contributed by atoms with Crippen molar-refractivity contribution >= 4 is 59.5 Å². The summed E-state index contributed by atoms with van der Waals surface area (Å²) in [5.74, 6) is -7.25. The van der Waals surface area contributed by atoms with Crippen LogP contribution in [0.15, 0.2) is 91.0 Å². The van der Waals surface area contributed by atoms with Gasteiger partial charge in [-0.05, 0) is 36.4 Å². The van der Waals surface area contributed by atoms with Gasteiger partial charge in [-0.25, -0.2) is 14.4 Å². The molecule has 10 atom stereocenters. The number of carbonyl (C=O) groups is 8. The summed E-state index contributed by atoms with van der Waals surface area (Å²) in [6.07, 6.45) is -12.8. The lowest BCUT2D eigenvalue weighted by atomic mass is 9.96. The van der Waals surface area contributed by atoms with Crippen molar-refractivity contribution in [1.29, 1.82) is 0 Å². The Balaban J connectivity index is 1.63. The number of rotatable bonds is 15. The highest BCUT2D eigenvalue weighted by Gasteiger charge is 2.58. The third-order valence-electron chi connectivity index (χ3n) is 9.05. The number of nitrogens with two attached hydrogens (primary N) is 1. The third-order valence-corrected chi connectivity index (χ3v) is 10.5. The first-order valence-corrected chi connectivity index (χ1v) is 19.7. The molecule has 3 aromatic carbocycles. The van der Waals surface area contributed by atoms with E-state index in [1.54, 1.807) is 54.6 Å². The van der Waals surface area contributed by atoms with Crippen LogP contribution in [-0.4, -0.2) is 120 Å². The van der Waals surface area contributed by atoms with Crippen LogP contribution in [0.5, 0.6) is 0 Å². The van der Waals surface area contributed by atoms with E-state index in [1.165, 1.54) is 36.4 Å². The quantitative estimate of drug-likeness (QED) is 0.170. The van der Waals surface area contributed by atoms with Gasteiger partial charge in [0, 0.05) is 27.7 Å². The van der Waals surface area contributed by atoms with Gasteiger partial charge in [0.15, 0.2) is 36.6 Å². The van der Waals surface area contributed by atoms with E-state index in [2.05, 4.69) is 0 Å². The zero-order chi connectivity index (χ0) is 44.2. The fraction of sp³-hybridized carbons (Fsp3) is 0.381. The molecule has 18 nitrogen and oxygen atoms in total. The van der Waals surface area contributed by atoms with Crippen molar-refractivity contribution in [3.05, 3.63) is 108 Å². The zero-order valence-electron chi connectivity index (χ0n) is 33.3. The Kier molecular flexibility index (Phi) is 16.0. The van der Waals surface area contributed by atoms with Crippen molar-refractivity contribution in [1.82, 2.24) is 0 Å². The minimum Gasteiger partial charge on any atom is -0.463 e. The molecule has 0 spiro atoms. The second kappa shape index (κ2) is 21.3. The predicted octanol–water partition coefficient (Wildman–Crippen LogP) is 2.73. The Morgan fingerprint density at radius 2 is 0.902 bits per heavy atom. The topological polar surface area (TPSA) is 246 Å². The fourth-order valence-corrected chi connectivity index (χ4v) is 8.09. The van der Waals surface area contributed by atoms with Gasteiger partial charge >= 0.3 is 41.8 Å². The van der Waals surface area contributed by atoms with E-state index in [1.807, 2.05) is 0 Å². The van der Waals surface area contributed by atoms with Gasteiger partial charge in [-0.15, -0.1) is 11.8 Å². The van der Waals surface area contributed by atoms with Gasteiger partial charge in [0.25, 0.3) is 0 Å². The Morgan fingerprint density at radius 1 is 0.492 bits per heavy atom. The van der Waals surface area contributed by atoms with E-state index in [4.69, 9.17) is 48.4 Å². The summed E-state index contributed by atoms with van der Waals surface area (Å²) in [5.41, 5.74) is 4.68. The summed E-state index contributed by atoms with van der Waals surface area (Å²) in [6.45, 7) is 3.02. The standard InChI is InChI=1S/C42H43NO17S/c1-22(44)52-20-30-31(54-23(2)45)33(55-24(3)46)35(56-25(4)47)42(58-30)61-37-34(60-41(51)28-18-12-7-13-19-28)32(59-40(50)27-16-10-6-11-17-27)29(57-36(37)38(43)48)21-53-39(49)26-14-8-5-9-15-26/h5-19,29-37,42H,20-21H2,1-4H3,(H2,43,48)/t29-,30-,31+,32-,33+,34+,35-,36-,37+,42+/m1/s1. The van der Waals surface area contributed by atoms with E-state index in [-0.39, 0.29) is 16.7 Å². The molecule has 19 heteroatoms. The second-order valence-corrected chi connectivity index (χ2v) is 14.9. The number of ether oxygens (including phenoxy) is 9. The van der Waals surface area contributed by atoms with E-state index in [0.717, 1.165) is 27.7 Å². The number of esters is 7. The van der Waals surface area contributed by atoms with Crippen LogP contribution in [0.2, 0.25) is 0 Å². The zero-order valence-corrected chi connectivity index (χ0v) is 34.1. The maximum atomic E-state index is 13.9. The van der Waals surface area contributed by atoms with Crippen LogP contribution in [0.1, 0.15) is 58.8 Å². The van der Waals surface area contributed by atoms with E-state index < -0.39 is 120 Å². The second-order valence-electron chi connectivity index (χ2n) is 13.6. The van der Waals surface area contributed by atoms with Gasteiger partial charge in [-0.3, -0.25) is 24.0 Å². The predicted molar refractivity (Wildman–Crippen MR) is 209 cm³/mol. The molecule has 0 saturated carbocycles. The third kappa shape index (κ3) is 12.4. The fourth-order valence-electron chi connectivity index (χ4n) is 6.50. The average molecular weight is 866 g/mol. The minimum absolute atomic E-state index is 0.0425. The summed E-state index contributed by atoms with van der Waals surface area (Å²) < 4.78 is 52.1. The molecule has 0 aromatic heterocycles. The smallest absolute Gasteiger partial charge is 0.338 e. The highest BCUT2D eigenvalue weighted by molar-refractivity contribution is 8.00. The summed E-state index contributed by atoms with van der Waals surface area (Å²) >= 11 is 0.639. The number of amides is 1. The molecule has 1 amide bonds. The number of primary amides is 1. The minimum atomic E-state index is -1.77. The van der Waals surface area contributed by atoms with Crippen LogP contribution < -0.4 is 5.73 Å². The van der Waals surface area contributed by atoms with Crippen LogP contribution >= 0.6 is 11.8 Å². The van der Waals surface area contributed by atoms with Crippen molar-refractivity contribution in [3.8, 4) is 0 Å². The van der Waals surface area contributed by atoms with Gasteiger partial charge in [0.05, 0.1) is 21.9 Å². The summed E-state index contributed by atoms with van der Waals surface area (Å²) in [5, 5.41) is -1.53. The number of thioether (sulfide) groups is 1. The molecule has 61 heavy (non-hydrogen) atoms. The monoisotopic (exact) mass is 865 g/mol. The molecular weight excluding hydrogens is 823 g/mol. The van der Waals surface area contributed by atoms with Gasteiger partial charge in [0.2, 0.25) is 5.91 Å². The summed E-state index contributed by atoms with van der Waals surface area (Å²) in [6, 6.07) is 23.3. The lowest BCUT2D eigenvalue weighted by molar-refractivity contribution is -0.238.